The molecule has 1 aliphatic carbocycles. The highest BCUT2D eigenvalue weighted by Crippen LogP contribution is 2.28. The van der Waals surface area contributed by atoms with Gasteiger partial charge in [-0.2, -0.15) is 5.26 Å². The Morgan fingerprint density at radius 3 is 3.45 bits per heavy atom. The zero-order chi connectivity index (χ0) is 7.68. The third-order valence-corrected chi connectivity index (χ3v) is 2.10. The Kier molecular flexibility index (Phi) is 1.39. The Morgan fingerprint density at radius 2 is 2.64 bits per heavy atom. The van der Waals surface area contributed by atoms with Gasteiger partial charge in [-0.25, -0.2) is 0 Å². The summed E-state index contributed by atoms with van der Waals surface area (Å²) in [5, 5.41) is 12.2. The molecule has 0 radical (unpaired) electrons. The van der Waals surface area contributed by atoms with Crippen LogP contribution in [0, 0.1) is 17.2 Å². The lowest BCUT2D eigenvalue weighted by molar-refractivity contribution is 0.0470. The van der Waals surface area contributed by atoms with Crippen LogP contribution in [0.4, 0.5) is 0 Å². The Labute approximate surface area is 64.9 Å². The monoisotopic (exact) mass is 148 g/mol. The Balaban J connectivity index is 2.13. The Hall–Kier alpha value is -1.30. The molecule has 11 heavy (non-hydrogen) atoms. The second-order valence-corrected chi connectivity index (χ2v) is 2.85. The number of hydrogen-bond donors (Lipinski definition) is 0. The number of nitrogens with zero attached hydrogens (tertiary/aromatic N) is 2. The van der Waals surface area contributed by atoms with Crippen molar-refractivity contribution in [2.24, 2.45) is 11.1 Å². The van der Waals surface area contributed by atoms with Crippen LogP contribution in [0.25, 0.3) is 0 Å². The molecule has 3 heteroatoms. The molecule has 0 aromatic rings. The second-order valence-electron chi connectivity index (χ2n) is 2.85. The lowest BCUT2D eigenvalue weighted by Gasteiger charge is -2.20. The van der Waals surface area contributed by atoms with E-state index in [9.17, 15) is 0 Å². The van der Waals surface area contributed by atoms with Gasteiger partial charge in [0.1, 0.15) is 12.2 Å². The van der Waals surface area contributed by atoms with Crippen LogP contribution in [0.1, 0.15) is 12.8 Å². The van der Waals surface area contributed by atoms with Crippen LogP contribution in [0.2, 0.25) is 0 Å². The van der Waals surface area contributed by atoms with Crippen molar-refractivity contribution in [3.63, 3.8) is 0 Å². The van der Waals surface area contributed by atoms with Crippen LogP contribution in [-0.2, 0) is 4.84 Å². The predicted molar refractivity (Wildman–Crippen MR) is 39.8 cm³/mol. The minimum atomic E-state index is 0.132. The number of oxime groups is 1. The van der Waals surface area contributed by atoms with E-state index in [1.807, 2.05) is 12.1 Å². The lowest BCUT2D eigenvalue weighted by atomic mass is 9.97. The van der Waals surface area contributed by atoms with Gasteiger partial charge in [-0.15, -0.1) is 0 Å². The maximum Gasteiger partial charge on any atom is 0.157 e. The first-order chi connectivity index (χ1) is 5.40. The van der Waals surface area contributed by atoms with Crippen LogP contribution in [0.5, 0.6) is 0 Å². The third kappa shape index (κ3) is 1.01. The molecule has 1 aliphatic heterocycles. The third-order valence-electron chi connectivity index (χ3n) is 2.10. The average Bonchev–Trinajstić information content (AvgIpc) is 2.50. The Bertz CT molecular complexity index is 262. The molecular formula is C8H8N2O. The van der Waals surface area contributed by atoms with Crippen LogP contribution in [0.15, 0.2) is 17.3 Å². The van der Waals surface area contributed by atoms with E-state index < -0.39 is 0 Å². The van der Waals surface area contributed by atoms with Crippen molar-refractivity contribution in [1.82, 2.24) is 0 Å². The summed E-state index contributed by atoms with van der Waals surface area (Å²) >= 11 is 0. The molecule has 0 aromatic carbocycles. The van der Waals surface area contributed by atoms with Crippen molar-refractivity contribution in [1.29, 1.82) is 5.26 Å². The van der Waals surface area contributed by atoms with Crippen molar-refractivity contribution < 1.29 is 4.84 Å². The number of nitriles is 1. The van der Waals surface area contributed by atoms with Gasteiger partial charge in [0.2, 0.25) is 0 Å². The molecule has 0 saturated heterocycles. The van der Waals surface area contributed by atoms with E-state index in [2.05, 4.69) is 11.2 Å². The molecule has 0 amide bonds. The average molecular weight is 148 g/mol. The van der Waals surface area contributed by atoms with Crippen molar-refractivity contribution in [3.8, 4) is 6.07 Å². The maximum absolute atomic E-state index is 8.53. The molecule has 0 aromatic heterocycles. The normalized spacial score (nSPS) is 33.5. The fourth-order valence-corrected chi connectivity index (χ4v) is 1.48. The summed E-state index contributed by atoms with van der Waals surface area (Å²) in [6, 6.07) is 2.01. The molecule has 0 fully saturated rings. The van der Waals surface area contributed by atoms with Gasteiger partial charge < -0.3 is 4.84 Å². The van der Waals surface area contributed by atoms with E-state index in [-0.39, 0.29) is 6.10 Å². The maximum atomic E-state index is 8.53. The highest BCUT2D eigenvalue weighted by molar-refractivity contribution is 5.98. The molecule has 0 bridgehead atoms. The zero-order valence-corrected chi connectivity index (χ0v) is 6.03. The fraction of sp³-hybridized carbons (Fsp3) is 0.500. The van der Waals surface area contributed by atoms with Gasteiger partial charge in [0.25, 0.3) is 0 Å². The first kappa shape index (κ1) is 6.41. The molecule has 0 N–H and O–H groups in total. The molecule has 0 spiro atoms. The molecule has 2 atom stereocenters. The van der Waals surface area contributed by atoms with Gasteiger partial charge in [-0.1, -0.05) is 11.2 Å². The van der Waals surface area contributed by atoms with Crippen LogP contribution < -0.4 is 0 Å². The quantitative estimate of drug-likeness (QED) is 0.485. The highest BCUT2D eigenvalue weighted by Gasteiger charge is 2.29. The van der Waals surface area contributed by atoms with Crippen LogP contribution in [0.3, 0.4) is 0 Å². The Morgan fingerprint density at radius 1 is 1.73 bits per heavy atom. The molecule has 0 saturated carbocycles. The van der Waals surface area contributed by atoms with Gasteiger partial charge in [0, 0.05) is 12.3 Å². The SMILES string of the molecule is N#CC1=NO[C@H]2C=CC[C@H]2C1. The summed E-state index contributed by atoms with van der Waals surface area (Å²) < 4.78 is 0. The van der Waals surface area contributed by atoms with Gasteiger partial charge in [0.05, 0.1) is 0 Å². The van der Waals surface area contributed by atoms with Gasteiger partial charge in [0.15, 0.2) is 5.71 Å². The molecule has 2 aliphatic rings. The smallest absolute Gasteiger partial charge is 0.157 e. The summed E-state index contributed by atoms with van der Waals surface area (Å²) in [4.78, 5) is 5.08. The summed E-state index contributed by atoms with van der Waals surface area (Å²) in [5.41, 5.74) is 0.523. The predicted octanol–water partition coefficient (Wildman–Crippen LogP) is 1.23. The highest BCUT2D eigenvalue weighted by atomic mass is 16.6. The van der Waals surface area contributed by atoms with Crippen molar-refractivity contribution in [2.45, 2.75) is 18.9 Å². The van der Waals surface area contributed by atoms with Gasteiger partial charge in [-0.05, 0) is 12.5 Å². The summed E-state index contributed by atoms with van der Waals surface area (Å²) in [6.45, 7) is 0. The molecule has 56 valence electrons. The van der Waals surface area contributed by atoms with E-state index in [1.165, 1.54) is 0 Å². The van der Waals surface area contributed by atoms with E-state index in [4.69, 9.17) is 10.1 Å². The van der Waals surface area contributed by atoms with Crippen molar-refractivity contribution in [3.05, 3.63) is 12.2 Å². The van der Waals surface area contributed by atoms with E-state index in [1.54, 1.807) is 0 Å². The molecule has 3 nitrogen and oxygen atoms in total. The first-order valence-electron chi connectivity index (χ1n) is 3.69. The standard InChI is InChI=1S/C8H8N2O/c9-5-7-4-6-2-1-3-8(6)11-10-7/h1,3,6,8H,2,4H2/t6-,8-/m0/s1. The first-order valence-corrected chi connectivity index (χ1v) is 3.69. The van der Waals surface area contributed by atoms with E-state index in [0.29, 0.717) is 11.6 Å². The van der Waals surface area contributed by atoms with E-state index >= 15 is 0 Å². The number of hydrogen-bond acceptors (Lipinski definition) is 3. The number of rotatable bonds is 0. The number of allylic oxidation sites excluding steroid dienone is 1. The molecule has 1 heterocycles. The van der Waals surface area contributed by atoms with Crippen LogP contribution in [-0.4, -0.2) is 11.8 Å². The summed E-state index contributed by atoms with van der Waals surface area (Å²) in [5.74, 6) is 0.460. The molecule has 2 rings (SSSR count). The minimum Gasteiger partial charge on any atom is -0.387 e. The topological polar surface area (TPSA) is 45.4 Å². The van der Waals surface area contributed by atoms with Gasteiger partial charge in [-0.3, -0.25) is 0 Å². The van der Waals surface area contributed by atoms with Crippen LogP contribution >= 0.6 is 0 Å². The second kappa shape index (κ2) is 2.39. The summed E-state index contributed by atoms with van der Waals surface area (Å²) in [7, 11) is 0. The largest absolute Gasteiger partial charge is 0.387 e. The number of fused-ring (bicyclic) bond motifs is 1. The fourth-order valence-electron chi connectivity index (χ4n) is 1.48. The molecule has 0 unspecified atom stereocenters. The summed E-state index contributed by atoms with van der Waals surface area (Å²) in [6.07, 6.45) is 6.03. The van der Waals surface area contributed by atoms with Gasteiger partial charge >= 0.3 is 0 Å². The molecular weight excluding hydrogens is 140 g/mol. The van der Waals surface area contributed by atoms with Crippen molar-refractivity contribution in [2.75, 3.05) is 0 Å². The van der Waals surface area contributed by atoms with E-state index in [0.717, 1.165) is 12.8 Å². The lowest BCUT2D eigenvalue weighted by Crippen LogP contribution is -2.24. The zero-order valence-electron chi connectivity index (χ0n) is 6.03. The van der Waals surface area contributed by atoms with Crippen molar-refractivity contribution >= 4 is 5.71 Å². The minimum absolute atomic E-state index is 0.132.